The highest BCUT2D eigenvalue weighted by Crippen LogP contribution is 2.36. The number of carbonyl (C=O) groups is 2. The maximum atomic E-state index is 11.2. The molecule has 0 amide bonds. The molecule has 0 aromatic carbocycles. The third kappa shape index (κ3) is 1.52. The van der Waals surface area contributed by atoms with Crippen LogP contribution in [0, 0.1) is 17.8 Å². The van der Waals surface area contributed by atoms with E-state index in [0.29, 0.717) is 13.2 Å². The van der Waals surface area contributed by atoms with Gasteiger partial charge in [0.25, 0.3) is 0 Å². The van der Waals surface area contributed by atoms with Crippen molar-refractivity contribution in [2.45, 2.75) is 6.92 Å². The average Bonchev–Trinajstić information content (AvgIpc) is 2.66. The van der Waals surface area contributed by atoms with Crippen LogP contribution < -0.4 is 0 Å². The molecule has 1 heterocycles. The molecular formula is C10H12O4. The highest BCUT2D eigenvalue weighted by molar-refractivity contribution is 5.77. The molecule has 0 aromatic rings. The summed E-state index contributed by atoms with van der Waals surface area (Å²) < 4.78 is 9.84. The number of esters is 2. The molecule has 0 unspecified atom stereocenters. The zero-order valence-corrected chi connectivity index (χ0v) is 7.93. The predicted molar refractivity (Wildman–Crippen MR) is 47.2 cm³/mol. The number of ether oxygens (including phenoxy) is 2. The van der Waals surface area contributed by atoms with Crippen LogP contribution in [0.4, 0.5) is 0 Å². The van der Waals surface area contributed by atoms with Crippen molar-refractivity contribution in [2.24, 2.45) is 17.8 Å². The smallest absolute Gasteiger partial charge is 0.313 e. The Hall–Kier alpha value is -1.32. The number of fused-ring (bicyclic) bond motifs is 1. The Labute approximate surface area is 81.9 Å². The minimum atomic E-state index is -0.285. The highest BCUT2D eigenvalue weighted by atomic mass is 16.5. The van der Waals surface area contributed by atoms with Crippen molar-refractivity contribution in [3.63, 3.8) is 0 Å². The lowest BCUT2D eigenvalue weighted by atomic mass is 9.91. The summed E-state index contributed by atoms with van der Waals surface area (Å²) in [5.41, 5.74) is 0. The lowest BCUT2D eigenvalue weighted by Gasteiger charge is -2.14. The van der Waals surface area contributed by atoms with E-state index in [1.165, 1.54) is 6.92 Å². The van der Waals surface area contributed by atoms with Gasteiger partial charge in [0.15, 0.2) is 0 Å². The Morgan fingerprint density at radius 1 is 1.64 bits per heavy atom. The Morgan fingerprint density at radius 3 is 3.14 bits per heavy atom. The largest absolute Gasteiger partial charge is 0.465 e. The van der Waals surface area contributed by atoms with Crippen LogP contribution in [0.1, 0.15) is 6.92 Å². The van der Waals surface area contributed by atoms with Crippen molar-refractivity contribution in [3.05, 3.63) is 12.2 Å². The van der Waals surface area contributed by atoms with E-state index < -0.39 is 0 Å². The van der Waals surface area contributed by atoms with Crippen LogP contribution in [0.5, 0.6) is 0 Å². The molecule has 2 aliphatic rings. The summed E-state index contributed by atoms with van der Waals surface area (Å²) >= 11 is 0. The van der Waals surface area contributed by atoms with Gasteiger partial charge in [-0.2, -0.15) is 0 Å². The van der Waals surface area contributed by atoms with E-state index in [2.05, 4.69) is 0 Å². The summed E-state index contributed by atoms with van der Waals surface area (Å²) in [5, 5.41) is 0. The number of rotatable bonds is 2. The molecule has 2 rings (SSSR count). The van der Waals surface area contributed by atoms with Gasteiger partial charge in [-0.15, -0.1) is 0 Å². The van der Waals surface area contributed by atoms with Crippen molar-refractivity contribution in [2.75, 3.05) is 13.2 Å². The SMILES string of the molecule is CC(=O)OC[C@H]1C=C[C@H]2C(=O)OC[C@@H]12. The van der Waals surface area contributed by atoms with Gasteiger partial charge in [0.2, 0.25) is 0 Å². The first kappa shape index (κ1) is 9.24. The van der Waals surface area contributed by atoms with Gasteiger partial charge in [-0.1, -0.05) is 12.2 Å². The maximum Gasteiger partial charge on any atom is 0.313 e. The zero-order valence-electron chi connectivity index (χ0n) is 7.93. The van der Waals surface area contributed by atoms with Gasteiger partial charge in [0, 0.05) is 18.8 Å². The standard InChI is InChI=1S/C10H12O4/c1-6(11)13-4-7-2-3-8-9(7)5-14-10(8)12/h2-3,7-9H,4-5H2,1H3/t7-,8-,9+/m1/s1. The molecule has 1 aliphatic carbocycles. The van der Waals surface area contributed by atoms with Crippen LogP contribution >= 0.6 is 0 Å². The van der Waals surface area contributed by atoms with E-state index in [1.54, 1.807) is 0 Å². The van der Waals surface area contributed by atoms with Crippen LogP contribution in [0.25, 0.3) is 0 Å². The summed E-state index contributed by atoms with van der Waals surface area (Å²) in [6, 6.07) is 0. The maximum absolute atomic E-state index is 11.2. The monoisotopic (exact) mass is 196 g/mol. The number of hydrogen-bond acceptors (Lipinski definition) is 4. The first-order chi connectivity index (χ1) is 6.68. The van der Waals surface area contributed by atoms with Gasteiger partial charge in [0.05, 0.1) is 19.1 Å². The third-order valence-corrected chi connectivity index (χ3v) is 2.75. The molecular weight excluding hydrogens is 184 g/mol. The normalized spacial score (nSPS) is 34.1. The topological polar surface area (TPSA) is 52.6 Å². The van der Waals surface area contributed by atoms with Gasteiger partial charge in [0.1, 0.15) is 0 Å². The molecule has 0 saturated carbocycles. The lowest BCUT2D eigenvalue weighted by molar-refractivity contribution is -0.142. The van der Waals surface area contributed by atoms with Gasteiger partial charge in [-0.05, 0) is 0 Å². The van der Waals surface area contributed by atoms with Crippen LogP contribution in [0.3, 0.4) is 0 Å². The summed E-state index contributed by atoms with van der Waals surface area (Å²) in [6.45, 7) is 2.18. The van der Waals surface area contributed by atoms with Crippen molar-refractivity contribution < 1.29 is 19.1 Å². The quantitative estimate of drug-likeness (QED) is 0.477. The molecule has 0 spiro atoms. The second-order valence-corrected chi connectivity index (χ2v) is 3.67. The molecule has 3 atom stereocenters. The molecule has 0 bridgehead atoms. The van der Waals surface area contributed by atoms with E-state index in [1.807, 2.05) is 12.2 Å². The highest BCUT2D eigenvalue weighted by Gasteiger charge is 2.43. The van der Waals surface area contributed by atoms with Gasteiger partial charge in [-0.25, -0.2) is 0 Å². The Bertz CT molecular complexity index is 294. The minimum Gasteiger partial charge on any atom is -0.465 e. The molecule has 4 nitrogen and oxygen atoms in total. The van der Waals surface area contributed by atoms with E-state index in [4.69, 9.17) is 9.47 Å². The Morgan fingerprint density at radius 2 is 2.43 bits per heavy atom. The molecule has 1 saturated heterocycles. The van der Waals surface area contributed by atoms with Crippen molar-refractivity contribution in [1.29, 1.82) is 0 Å². The Balaban J connectivity index is 1.94. The van der Waals surface area contributed by atoms with Crippen LogP contribution in [-0.2, 0) is 19.1 Å². The molecule has 76 valence electrons. The van der Waals surface area contributed by atoms with E-state index in [0.717, 1.165) is 0 Å². The van der Waals surface area contributed by atoms with Crippen molar-refractivity contribution in [1.82, 2.24) is 0 Å². The van der Waals surface area contributed by atoms with Gasteiger partial charge < -0.3 is 9.47 Å². The summed E-state index contributed by atoms with van der Waals surface area (Å²) in [7, 11) is 0. The molecule has 0 radical (unpaired) electrons. The van der Waals surface area contributed by atoms with E-state index in [-0.39, 0.29) is 29.7 Å². The van der Waals surface area contributed by atoms with Crippen LogP contribution in [0.2, 0.25) is 0 Å². The fourth-order valence-electron chi connectivity index (χ4n) is 1.96. The van der Waals surface area contributed by atoms with Gasteiger partial charge >= 0.3 is 11.9 Å². The number of hydrogen-bond donors (Lipinski definition) is 0. The molecule has 0 aromatic heterocycles. The number of carbonyl (C=O) groups excluding carboxylic acids is 2. The van der Waals surface area contributed by atoms with Crippen molar-refractivity contribution >= 4 is 11.9 Å². The van der Waals surface area contributed by atoms with Gasteiger partial charge in [-0.3, -0.25) is 9.59 Å². The molecule has 0 N–H and O–H groups in total. The van der Waals surface area contributed by atoms with Crippen molar-refractivity contribution in [3.8, 4) is 0 Å². The fourth-order valence-corrected chi connectivity index (χ4v) is 1.96. The third-order valence-electron chi connectivity index (χ3n) is 2.75. The first-order valence-corrected chi connectivity index (χ1v) is 4.67. The number of cyclic esters (lactones) is 1. The average molecular weight is 196 g/mol. The predicted octanol–water partition coefficient (Wildman–Crippen LogP) is 0.525. The van der Waals surface area contributed by atoms with Crippen LogP contribution in [-0.4, -0.2) is 25.2 Å². The first-order valence-electron chi connectivity index (χ1n) is 4.67. The summed E-state index contributed by atoms with van der Waals surface area (Å²) in [4.78, 5) is 21.8. The Kier molecular flexibility index (Phi) is 2.27. The van der Waals surface area contributed by atoms with E-state index >= 15 is 0 Å². The summed E-state index contributed by atoms with van der Waals surface area (Å²) in [6.07, 6.45) is 3.80. The fraction of sp³-hybridized carbons (Fsp3) is 0.600. The summed E-state index contributed by atoms with van der Waals surface area (Å²) in [5.74, 6) is -0.253. The molecule has 14 heavy (non-hydrogen) atoms. The zero-order chi connectivity index (χ0) is 10.1. The molecule has 1 aliphatic heterocycles. The van der Waals surface area contributed by atoms with E-state index in [9.17, 15) is 9.59 Å². The molecule has 4 heteroatoms. The van der Waals surface area contributed by atoms with Crippen LogP contribution in [0.15, 0.2) is 12.2 Å². The molecule has 1 fully saturated rings. The second-order valence-electron chi connectivity index (χ2n) is 3.67. The second kappa shape index (κ2) is 3.44. The minimum absolute atomic E-state index is 0.115. The lowest BCUT2D eigenvalue weighted by Crippen LogP contribution is -2.20.